The summed E-state index contributed by atoms with van der Waals surface area (Å²) in [6.45, 7) is 9.63. The smallest absolute Gasteiger partial charge is 0.276 e. The minimum Gasteiger partial charge on any atom is -0.340 e. The van der Waals surface area contributed by atoms with Gasteiger partial charge in [-0.2, -0.15) is 0 Å². The second-order valence-electron chi connectivity index (χ2n) is 13.4. The van der Waals surface area contributed by atoms with Crippen molar-refractivity contribution in [3.8, 4) is 0 Å². The van der Waals surface area contributed by atoms with Crippen LogP contribution in [0.4, 0.5) is 4.39 Å². The second-order valence-corrected chi connectivity index (χ2v) is 13.4. The van der Waals surface area contributed by atoms with Crippen LogP contribution in [-0.2, 0) is 22.4 Å². The van der Waals surface area contributed by atoms with Crippen molar-refractivity contribution in [3.05, 3.63) is 57.9 Å². The summed E-state index contributed by atoms with van der Waals surface area (Å²) < 4.78 is 25.3. The molecule has 2 aliphatic rings. The number of aromatic nitrogens is 4. The van der Waals surface area contributed by atoms with Crippen LogP contribution >= 0.6 is 0 Å². The summed E-state index contributed by atoms with van der Waals surface area (Å²) in [5, 5.41) is 20.5. The van der Waals surface area contributed by atoms with E-state index < -0.39 is 35.6 Å². The Labute approximate surface area is 284 Å². The Morgan fingerprint density at radius 1 is 0.939 bits per heavy atom. The van der Waals surface area contributed by atoms with Gasteiger partial charge in [-0.15, -0.1) is 0 Å². The number of halogens is 1. The van der Waals surface area contributed by atoms with E-state index in [-0.39, 0.29) is 46.7 Å². The molecule has 1 aromatic carbocycles. The number of aryl methyl sites for hydroxylation is 2. The van der Waals surface area contributed by atoms with E-state index in [9.17, 15) is 19.2 Å². The van der Waals surface area contributed by atoms with Gasteiger partial charge in [0.05, 0.1) is 6.04 Å². The number of nitrogens with one attached hydrogen (secondary N) is 2. The van der Waals surface area contributed by atoms with Gasteiger partial charge >= 0.3 is 0 Å². The lowest BCUT2D eigenvalue weighted by atomic mass is 9.77. The normalized spacial score (nSPS) is 20.3. The van der Waals surface area contributed by atoms with Crippen LogP contribution in [0.2, 0.25) is 0 Å². The fourth-order valence-corrected chi connectivity index (χ4v) is 6.65. The Morgan fingerprint density at radius 3 is 2.22 bits per heavy atom. The Balaban J connectivity index is 1.35. The summed E-state index contributed by atoms with van der Waals surface area (Å²) in [7, 11) is 1.97. The molecule has 264 valence electrons. The van der Waals surface area contributed by atoms with Gasteiger partial charge < -0.3 is 20.4 Å². The molecule has 2 fully saturated rings. The van der Waals surface area contributed by atoms with Gasteiger partial charge in [-0.1, -0.05) is 56.1 Å². The Kier molecular flexibility index (Phi) is 11.5. The third kappa shape index (κ3) is 8.38. The zero-order valence-corrected chi connectivity index (χ0v) is 28.7. The van der Waals surface area contributed by atoms with E-state index in [1.807, 2.05) is 14.0 Å². The van der Waals surface area contributed by atoms with E-state index in [1.165, 1.54) is 12.1 Å². The minimum atomic E-state index is -1.04. The molecule has 3 aromatic rings. The number of nitrogens with zero attached hydrogens (tertiary/aromatic N) is 6. The van der Waals surface area contributed by atoms with E-state index >= 15 is 4.39 Å². The van der Waals surface area contributed by atoms with Crippen molar-refractivity contribution in [1.29, 1.82) is 0 Å². The number of piperazine rings is 1. The predicted octanol–water partition coefficient (Wildman–Crippen LogP) is 2.88. The second kappa shape index (κ2) is 15.8. The predicted molar refractivity (Wildman–Crippen MR) is 174 cm³/mol. The average molecular weight is 681 g/mol. The number of carbonyl (C=O) groups excluding carboxylic acids is 4. The van der Waals surface area contributed by atoms with Crippen LogP contribution in [0.1, 0.15) is 95.9 Å². The molecular weight excluding hydrogens is 635 g/mol. The first kappa shape index (κ1) is 35.8. The molecule has 49 heavy (non-hydrogen) atoms. The monoisotopic (exact) mass is 680 g/mol. The Bertz CT molecular complexity index is 1640. The first-order valence-electron chi connectivity index (χ1n) is 17.0. The first-order chi connectivity index (χ1) is 23.5. The average Bonchev–Trinajstić information content (AvgIpc) is 3.76. The van der Waals surface area contributed by atoms with Gasteiger partial charge in [0.1, 0.15) is 23.2 Å². The van der Waals surface area contributed by atoms with Crippen molar-refractivity contribution in [2.75, 3.05) is 33.2 Å². The number of carbonyl (C=O) groups is 4. The van der Waals surface area contributed by atoms with Gasteiger partial charge in [0, 0.05) is 38.5 Å². The lowest BCUT2D eigenvalue weighted by molar-refractivity contribution is -0.135. The van der Waals surface area contributed by atoms with E-state index in [0.29, 0.717) is 49.8 Å². The summed E-state index contributed by atoms with van der Waals surface area (Å²) in [5.41, 5.74) is 1.30. The molecule has 2 aromatic heterocycles. The lowest BCUT2D eigenvalue weighted by Crippen LogP contribution is -2.55. The first-order valence-corrected chi connectivity index (χ1v) is 17.0. The standard InChI is InChI=1S/C34H45FN8O6/c1-6-26-31(41-49-39-26)33(46)37-30(22-9-7-19(2)8-10-22)27(44)18-24-12-11-23(17-25(24)35)20(3)28(34(47)43-15-13-42(5)14-16-43)36-32(45)29-21(4)38-48-40-29/h11-12,17,19-20,22,28,30H,6-10,13-16,18H2,1-5H3,(H,36,45)(H,37,46)/t19?,20-,22?,28+,30-/m0/s1. The summed E-state index contributed by atoms with van der Waals surface area (Å²) in [6.07, 6.45) is 3.56. The molecule has 3 heterocycles. The number of amides is 3. The van der Waals surface area contributed by atoms with Crippen LogP contribution in [0, 0.1) is 24.6 Å². The highest BCUT2D eigenvalue weighted by atomic mass is 19.1. The zero-order valence-electron chi connectivity index (χ0n) is 28.7. The number of ketones is 1. The fourth-order valence-electron chi connectivity index (χ4n) is 6.65. The maximum atomic E-state index is 15.8. The van der Waals surface area contributed by atoms with E-state index in [2.05, 4.69) is 47.7 Å². The lowest BCUT2D eigenvalue weighted by Gasteiger charge is -2.36. The summed E-state index contributed by atoms with van der Waals surface area (Å²) in [4.78, 5) is 57.8. The quantitative estimate of drug-likeness (QED) is 0.288. The molecule has 5 rings (SSSR count). The molecular formula is C34H45FN8O6. The molecule has 2 N–H and O–H groups in total. The van der Waals surface area contributed by atoms with Gasteiger partial charge in [0.25, 0.3) is 11.8 Å². The maximum absolute atomic E-state index is 15.8. The molecule has 0 spiro atoms. The van der Waals surface area contributed by atoms with Crippen LogP contribution in [0.5, 0.6) is 0 Å². The summed E-state index contributed by atoms with van der Waals surface area (Å²) in [6, 6.07) is 2.63. The minimum absolute atomic E-state index is 0.0386. The van der Waals surface area contributed by atoms with Gasteiger partial charge in [0.2, 0.25) is 5.91 Å². The molecule has 3 amide bonds. The van der Waals surface area contributed by atoms with Crippen LogP contribution in [0.15, 0.2) is 27.5 Å². The molecule has 14 nitrogen and oxygen atoms in total. The van der Waals surface area contributed by atoms with Crippen molar-refractivity contribution < 1.29 is 32.8 Å². The van der Waals surface area contributed by atoms with Gasteiger partial charge in [0.15, 0.2) is 17.2 Å². The third-order valence-electron chi connectivity index (χ3n) is 9.97. The maximum Gasteiger partial charge on any atom is 0.276 e. The number of likely N-dealkylation sites (N-methyl/N-ethyl adjacent to an activating group) is 1. The van der Waals surface area contributed by atoms with Crippen LogP contribution < -0.4 is 10.6 Å². The highest BCUT2D eigenvalue weighted by Gasteiger charge is 2.36. The van der Waals surface area contributed by atoms with Crippen LogP contribution in [0.25, 0.3) is 0 Å². The molecule has 0 radical (unpaired) electrons. The van der Waals surface area contributed by atoms with E-state index in [0.717, 1.165) is 25.7 Å². The molecule has 15 heteroatoms. The van der Waals surface area contributed by atoms with E-state index in [4.69, 9.17) is 4.63 Å². The van der Waals surface area contributed by atoms with Crippen molar-refractivity contribution in [2.24, 2.45) is 11.8 Å². The summed E-state index contributed by atoms with van der Waals surface area (Å²) >= 11 is 0. The van der Waals surface area contributed by atoms with Crippen LogP contribution in [-0.4, -0.2) is 99.2 Å². The fraction of sp³-hybridized carbons (Fsp3) is 0.588. The van der Waals surface area contributed by atoms with Gasteiger partial charge in [-0.25, -0.2) is 13.6 Å². The van der Waals surface area contributed by atoms with E-state index in [1.54, 1.807) is 24.8 Å². The molecule has 1 aliphatic heterocycles. The third-order valence-corrected chi connectivity index (χ3v) is 9.97. The summed E-state index contributed by atoms with van der Waals surface area (Å²) in [5.74, 6) is -2.63. The van der Waals surface area contributed by atoms with Crippen LogP contribution in [0.3, 0.4) is 0 Å². The number of Topliss-reactive ketones (excluding diaryl/α,β-unsaturated/α-hetero) is 1. The number of hydrogen-bond acceptors (Lipinski definition) is 11. The van der Waals surface area contributed by atoms with Crippen molar-refractivity contribution in [3.63, 3.8) is 0 Å². The molecule has 3 atom stereocenters. The number of benzene rings is 1. The number of hydrogen-bond donors (Lipinski definition) is 2. The molecule has 0 bridgehead atoms. The largest absolute Gasteiger partial charge is 0.340 e. The SMILES string of the molecule is CCc1nonc1C(=O)N[C@H](C(=O)Cc1ccc([C@H](C)[C@@H](NC(=O)c2nonc2C)C(=O)N2CCN(C)CC2)cc1F)C1CCC(C)CC1. The highest BCUT2D eigenvalue weighted by molar-refractivity contribution is 5.98. The number of rotatable bonds is 12. The molecule has 1 aliphatic carbocycles. The Morgan fingerprint density at radius 2 is 1.59 bits per heavy atom. The molecule has 1 saturated heterocycles. The molecule has 0 unspecified atom stereocenters. The highest BCUT2D eigenvalue weighted by Crippen LogP contribution is 2.32. The van der Waals surface area contributed by atoms with Crippen molar-refractivity contribution >= 4 is 23.5 Å². The Hall–Kier alpha value is -4.53. The van der Waals surface area contributed by atoms with Crippen molar-refractivity contribution in [2.45, 2.75) is 84.2 Å². The van der Waals surface area contributed by atoms with Gasteiger partial charge in [-0.3, -0.25) is 19.2 Å². The topological polar surface area (TPSA) is 177 Å². The van der Waals surface area contributed by atoms with Crippen molar-refractivity contribution in [1.82, 2.24) is 41.1 Å². The molecule has 1 saturated carbocycles. The van der Waals surface area contributed by atoms with Gasteiger partial charge in [-0.05, 0) is 72.6 Å². The zero-order chi connectivity index (χ0) is 35.2.